The average molecular weight is 394 g/mol. The molecule has 0 spiro atoms. The van der Waals surface area contributed by atoms with E-state index >= 15 is 0 Å². The summed E-state index contributed by atoms with van der Waals surface area (Å²) in [7, 11) is 0. The molecule has 5 rings (SSSR count). The highest BCUT2D eigenvalue weighted by Gasteiger charge is 2.26. The van der Waals surface area contributed by atoms with Crippen LogP contribution in [0.25, 0.3) is 15.8 Å². The number of carbonyl (C=O) groups is 1. The molecule has 0 fully saturated rings. The van der Waals surface area contributed by atoms with Gasteiger partial charge >= 0.3 is 0 Å². The lowest BCUT2D eigenvalue weighted by molar-refractivity contribution is 0.103. The number of thiophene rings is 1. The summed E-state index contributed by atoms with van der Waals surface area (Å²) in [6.07, 6.45) is 2.94. The Hall–Kier alpha value is -2.63. The number of para-hydroxylation sites is 1. The first kappa shape index (κ1) is 16.5. The molecule has 0 radical (unpaired) electrons. The van der Waals surface area contributed by atoms with Gasteiger partial charge in [0, 0.05) is 15.6 Å². The third kappa shape index (κ3) is 2.74. The van der Waals surface area contributed by atoms with Gasteiger partial charge in [0.15, 0.2) is 0 Å². The van der Waals surface area contributed by atoms with E-state index in [2.05, 4.69) is 5.32 Å². The van der Waals surface area contributed by atoms with Crippen LogP contribution in [0.3, 0.4) is 0 Å². The molecule has 2 aromatic heterocycles. The van der Waals surface area contributed by atoms with Crippen LogP contribution in [0.15, 0.2) is 54.6 Å². The Kier molecular flexibility index (Phi) is 3.99. The number of benzene rings is 2. The van der Waals surface area contributed by atoms with Crippen molar-refractivity contribution in [2.75, 3.05) is 5.32 Å². The molecule has 0 saturated carbocycles. The Bertz CT molecular complexity index is 1160. The Morgan fingerprint density at radius 3 is 2.67 bits per heavy atom. The van der Waals surface area contributed by atoms with Gasteiger partial charge in [0.2, 0.25) is 0 Å². The van der Waals surface area contributed by atoms with E-state index in [-0.39, 0.29) is 5.91 Å². The maximum absolute atomic E-state index is 13.1. The first-order chi connectivity index (χ1) is 13.2. The number of aromatic nitrogens is 2. The molecular formula is C21H16ClN3OS. The number of halogens is 1. The number of amides is 1. The summed E-state index contributed by atoms with van der Waals surface area (Å²) >= 11 is 7.91. The predicted octanol–water partition coefficient (Wildman–Crippen LogP) is 5.48. The van der Waals surface area contributed by atoms with E-state index in [1.807, 2.05) is 59.3 Å². The number of nitrogens with one attached hydrogen (secondary N) is 1. The van der Waals surface area contributed by atoms with Gasteiger partial charge in [-0.05, 0) is 37.5 Å². The fourth-order valence-electron chi connectivity index (χ4n) is 3.60. The zero-order chi connectivity index (χ0) is 18.4. The summed E-state index contributed by atoms with van der Waals surface area (Å²) in [4.78, 5) is 13.6. The molecule has 0 atom stereocenters. The van der Waals surface area contributed by atoms with Gasteiger partial charge in [-0.3, -0.25) is 4.79 Å². The maximum atomic E-state index is 13.1. The summed E-state index contributed by atoms with van der Waals surface area (Å²) in [5.74, 6) is 0.570. The molecule has 27 heavy (non-hydrogen) atoms. The lowest BCUT2D eigenvalue weighted by Gasteiger charge is -2.10. The molecule has 2 aromatic carbocycles. The second-order valence-corrected chi connectivity index (χ2v) is 8.00. The van der Waals surface area contributed by atoms with Crippen molar-refractivity contribution in [2.24, 2.45) is 0 Å². The van der Waals surface area contributed by atoms with Crippen molar-refractivity contribution in [3.8, 4) is 5.69 Å². The highest BCUT2D eigenvalue weighted by Crippen LogP contribution is 2.37. The Morgan fingerprint density at radius 1 is 1.07 bits per heavy atom. The van der Waals surface area contributed by atoms with Gasteiger partial charge < -0.3 is 5.32 Å². The minimum Gasteiger partial charge on any atom is -0.305 e. The molecule has 1 aliphatic rings. The number of anilines is 1. The van der Waals surface area contributed by atoms with Crippen molar-refractivity contribution in [3.63, 3.8) is 0 Å². The first-order valence-electron chi connectivity index (χ1n) is 8.87. The standard InChI is InChI=1S/C21H16ClN3OS/c22-18-15-9-4-5-12-17(15)27-19(18)21(26)23-20-14-10-6-11-16(14)24-25(20)13-7-2-1-3-8-13/h1-5,7-9,12H,6,10-11H2,(H,23,26). The van der Waals surface area contributed by atoms with Crippen LogP contribution in [0.1, 0.15) is 27.3 Å². The van der Waals surface area contributed by atoms with Crippen LogP contribution in [0, 0.1) is 0 Å². The number of fused-ring (bicyclic) bond motifs is 2. The van der Waals surface area contributed by atoms with Crippen molar-refractivity contribution in [1.82, 2.24) is 9.78 Å². The highest BCUT2D eigenvalue weighted by molar-refractivity contribution is 7.21. The molecule has 1 amide bonds. The van der Waals surface area contributed by atoms with Crippen molar-refractivity contribution in [2.45, 2.75) is 19.3 Å². The summed E-state index contributed by atoms with van der Waals surface area (Å²) < 4.78 is 2.85. The van der Waals surface area contributed by atoms with Crippen LogP contribution < -0.4 is 5.32 Å². The molecule has 1 aliphatic carbocycles. The number of aryl methyl sites for hydroxylation is 1. The minimum absolute atomic E-state index is 0.187. The Balaban J connectivity index is 1.57. The maximum Gasteiger partial charge on any atom is 0.268 e. The molecule has 0 bridgehead atoms. The summed E-state index contributed by atoms with van der Waals surface area (Å²) in [6, 6.07) is 17.7. The third-order valence-electron chi connectivity index (χ3n) is 4.88. The van der Waals surface area contributed by atoms with E-state index in [0.29, 0.717) is 9.90 Å². The molecule has 2 heterocycles. The Labute approximate surface area is 165 Å². The summed E-state index contributed by atoms with van der Waals surface area (Å²) in [6.45, 7) is 0. The fraction of sp³-hybridized carbons (Fsp3) is 0.143. The van der Waals surface area contributed by atoms with Crippen molar-refractivity contribution in [1.29, 1.82) is 0 Å². The zero-order valence-electron chi connectivity index (χ0n) is 14.4. The second kappa shape index (κ2) is 6.51. The van der Waals surface area contributed by atoms with E-state index in [9.17, 15) is 4.79 Å². The predicted molar refractivity (Wildman–Crippen MR) is 110 cm³/mol. The molecule has 1 N–H and O–H groups in total. The zero-order valence-corrected chi connectivity index (χ0v) is 16.0. The molecule has 4 aromatic rings. The summed E-state index contributed by atoms with van der Waals surface area (Å²) in [5.41, 5.74) is 3.13. The monoisotopic (exact) mass is 393 g/mol. The lowest BCUT2D eigenvalue weighted by Crippen LogP contribution is -2.15. The molecule has 4 nitrogen and oxygen atoms in total. The number of hydrogen-bond acceptors (Lipinski definition) is 3. The fourth-order valence-corrected chi connectivity index (χ4v) is 5.01. The van der Waals surface area contributed by atoms with Crippen LogP contribution in [0.4, 0.5) is 5.82 Å². The van der Waals surface area contributed by atoms with Gasteiger partial charge in [-0.2, -0.15) is 5.10 Å². The molecular weight excluding hydrogens is 378 g/mol. The second-order valence-electron chi connectivity index (χ2n) is 6.57. The first-order valence-corrected chi connectivity index (χ1v) is 10.1. The largest absolute Gasteiger partial charge is 0.305 e. The van der Waals surface area contributed by atoms with Crippen LogP contribution in [0.2, 0.25) is 5.02 Å². The van der Waals surface area contributed by atoms with E-state index < -0.39 is 0 Å². The SMILES string of the molecule is O=C(Nc1c2c(nn1-c1ccccc1)CCC2)c1sc2ccccc2c1Cl. The number of hydrogen-bond donors (Lipinski definition) is 1. The highest BCUT2D eigenvalue weighted by atomic mass is 35.5. The van der Waals surface area contributed by atoms with Gasteiger partial charge in [0.05, 0.1) is 16.4 Å². The van der Waals surface area contributed by atoms with Gasteiger partial charge in [0.1, 0.15) is 10.7 Å². The molecule has 0 saturated heterocycles. The number of nitrogens with zero attached hydrogens (tertiary/aromatic N) is 2. The topological polar surface area (TPSA) is 46.9 Å². The molecule has 6 heteroatoms. The lowest BCUT2D eigenvalue weighted by atomic mass is 10.2. The van der Waals surface area contributed by atoms with Crippen molar-refractivity contribution < 1.29 is 4.79 Å². The van der Waals surface area contributed by atoms with Crippen LogP contribution >= 0.6 is 22.9 Å². The molecule has 0 aliphatic heterocycles. The smallest absolute Gasteiger partial charge is 0.268 e. The number of carbonyl (C=O) groups excluding carboxylic acids is 1. The van der Waals surface area contributed by atoms with Crippen molar-refractivity contribution >= 4 is 44.7 Å². The number of rotatable bonds is 3. The molecule has 0 unspecified atom stereocenters. The van der Waals surface area contributed by atoms with E-state index in [0.717, 1.165) is 52.1 Å². The normalized spacial score (nSPS) is 13.1. The average Bonchev–Trinajstić information content (AvgIpc) is 3.38. The van der Waals surface area contributed by atoms with Gasteiger partial charge in [-0.15, -0.1) is 11.3 Å². The van der Waals surface area contributed by atoms with E-state index in [1.165, 1.54) is 11.3 Å². The minimum atomic E-state index is -0.187. The van der Waals surface area contributed by atoms with Crippen LogP contribution in [-0.2, 0) is 12.8 Å². The summed E-state index contributed by atoms with van der Waals surface area (Å²) in [5, 5.41) is 9.26. The van der Waals surface area contributed by atoms with Gasteiger partial charge in [0.25, 0.3) is 5.91 Å². The van der Waals surface area contributed by atoms with Crippen molar-refractivity contribution in [3.05, 3.63) is 75.8 Å². The molecule has 134 valence electrons. The van der Waals surface area contributed by atoms with Crippen LogP contribution in [-0.4, -0.2) is 15.7 Å². The third-order valence-corrected chi connectivity index (χ3v) is 6.56. The van der Waals surface area contributed by atoms with E-state index in [4.69, 9.17) is 16.7 Å². The van der Waals surface area contributed by atoms with Gasteiger partial charge in [-0.25, -0.2) is 4.68 Å². The van der Waals surface area contributed by atoms with Crippen LogP contribution in [0.5, 0.6) is 0 Å². The quantitative estimate of drug-likeness (QED) is 0.500. The van der Waals surface area contributed by atoms with E-state index in [1.54, 1.807) is 0 Å². The van der Waals surface area contributed by atoms with Gasteiger partial charge in [-0.1, -0.05) is 48.0 Å². The Morgan fingerprint density at radius 2 is 1.85 bits per heavy atom.